The lowest BCUT2D eigenvalue weighted by Gasteiger charge is -2.36. The summed E-state index contributed by atoms with van der Waals surface area (Å²) in [7, 11) is -3.96. The van der Waals surface area contributed by atoms with E-state index in [1.807, 2.05) is 0 Å². The maximum absolute atomic E-state index is 6.97. The fraction of sp³-hybridized carbons (Fsp3) is 0.586. The summed E-state index contributed by atoms with van der Waals surface area (Å²) in [5.74, 6) is -9.71. The van der Waals surface area contributed by atoms with E-state index in [-0.39, 0.29) is 21.7 Å². The summed E-state index contributed by atoms with van der Waals surface area (Å²) in [6, 6.07) is 8.73. The molecule has 45 heavy (non-hydrogen) atoms. The largest absolute Gasteiger partial charge is 0.453 e. The van der Waals surface area contributed by atoms with Crippen LogP contribution in [0.3, 0.4) is 0 Å². The van der Waals surface area contributed by atoms with Gasteiger partial charge in [-0.25, -0.2) is 0 Å². The summed E-state index contributed by atoms with van der Waals surface area (Å²) in [5, 5.41) is 0. The number of nitrogens with zero attached hydrogens (tertiary/aromatic N) is 4. The van der Waals surface area contributed by atoms with E-state index >= 15 is 0 Å². The number of halogens is 6. The molecule has 2 aromatic rings. The van der Waals surface area contributed by atoms with Gasteiger partial charge in [0, 0.05) is 17.5 Å². The second-order valence-corrected chi connectivity index (χ2v) is 32.6. The van der Waals surface area contributed by atoms with Crippen molar-refractivity contribution in [1.82, 2.24) is 0 Å². The molecule has 0 saturated heterocycles. The number of hydrogen-bond donors (Lipinski definition) is 0. The molecule has 0 aliphatic carbocycles. The van der Waals surface area contributed by atoms with Gasteiger partial charge >= 0.3 is 7.66 Å². The zero-order valence-corrected chi connectivity index (χ0v) is 35.8. The smallest absolute Gasteiger partial charge is 0.413 e. The molecule has 2 aliphatic heterocycles. The molecule has 2 aromatic carbocycles. The molecule has 0 radical (unpaired) electrons. The highest BCUT2D eigenvalue weighted by atomic mass is 35.9. The maximum atomic E-state index is 6.97. The van der Waals surface area contributed by atoms with Gasteiger partial charge < -0.3 is 9.05 Å². The summed E-state index contributed by atoms with van der Waals surface area (Å²) in [4.78, 5) is 0. The van der Waals surface area contributed by atoms with Crippen molar-refractivity contribution < 1.29 is 9.05 Å². The van der Waals surface area contributed by atoms with Crippen LogP contribution in [0.25, 0.3) is 0 Å². The fourth-order valence-electron chi connectivity index (χ4n) is 4.97. The first-order valence-corrected chi connectivity index (χ1v) is 26.4. The predicted octanol–water partition coefficient (Wildman–Crippen LogP) is 16.5. The number of benzene rings is 2. The Kier molecular flexibility index (Phi) is 10.4. The lowest BCUT2D eigenvalue weighted by Crippen LogP contribution is -2.22. The van der Waals surface area contributed by atoms with E-state index in [0.717, 1.165) is 33.4 Å². The second-order valence-electron chi connectivity index (χ2n) is 15.6. The Hall–Kier alpha value is 0.700. The Morgan fingerprint density at radius 2 is 0.822 bits per heavy atom. The molecule has 0 saturated carbocycles. The zero-order chi connectivity index (χ0) is 34.4. The van der Waals surface area contributed by atoms with Gasteiger partial charge in [-0.2, -0.15) is 9.03 Å². The molecule has 0 amide bonds. The third kappa shape index (κ3) is 9.09. The third-order valence-corrected chi connectivity index (χ3v) is 22.5. The van der Waals surface area contributed by atoms with Crippen molar-refractivity contribution in [2.45, 2.75) is 111 Å². The van der Waals surface area contributed by atoms with Crippen molar-refractivity contribution in [3.8, 4) is 11.5 Å². The molecule has 252 valence electrons. The van der Waals surface area contributed by atoms with Gasteiger partial charge in [0.2, 0.25) is 0 Å². The van der Waals surface area contributed by atoms with Gasteiger partial charge in [0.25, 0.3) is 17.7 Å². The van der Waals surface area contributed by atoms with Crippen molar-refractivity contribution >= 4 is 92.8 Å². The standard InChI is InChI=1S/C29H42Cl6N4O2P4/c1-26(2,3)20-14-18-13-19-15-21(27(4,5)6)17-23(29(10,11)12)25(19)41-45(40-24(18)22(16-20)28(7,8)9)38-43(32,33)36-42(30,31)37-44(34,35)39-45/h14-17H,13H2,1-12H3. The van der Waals surface area contributed by atoms with E-state index in [1.165, 1.54) is 0 Å². The molecule has 0 N–H and O–H groups in total. The monoisotopic (exact) mass is 812 g/mol. The maximum Gasteiger partial charge on any atom is 0.453 e. The van der Waals surface area contributed by atoms with Gasteiger partial charge in [0.15, 0.2) is 0 Å². The van der Waals surface area contributed by atoms with Gasteiger partial charge in [-0.1, -0.05) is 107 Å². The SMILES string of the molecule is CC(C)(C)c1cc2c(c(C(C)(C)C)c1)OP1(=NP(Cl)(Cl)=NP(Cl)(Cl)=NP(Cl)(Cl)=N1)Oc1c(cc(C(C)(C)C)cc1C(C)(C)C)C2. The van der Waals surface area contributed by atoms with Crippen LogP contribution in [0.2, 0.25) is 0 Å². The van der Waals surface area contributed by atoms with Crippen molar-refractivity contribution in [3.63, 3.8) is 0 Å². The molecule has 1 spiro atoms. The number of fused-ring (bicyclic) bond motifs is 2. The van der Waals surface area contributed by atoms with Gasteiger partial charge in [0.05, 0.1) is 0 Å². The summed E-state index contributed by atoms with van der Waals surface area (Å²) < 4.78 is 32.0. The molecular formula is C29H42Cl6N4O2P4. The highest BCUT2D eigenvalue weighted by Crippen LogP contribution is 2.86. The molecule has 0 fully saturated rings. The lowest BCUT2D eigenvalue weighted by atomic mass is 9.76. The van der Waals surface area contributed by atoms with E-state index < -0.39 is 25.4 Å². The Balaban J connectivity index is 2.30. The van der Waals surface area contributed by atoms with Crippen molar-refractivity contribution in [2.24, 2.45) is 18.1 Å². The van der Waals surface area contributed by atoms with Gasteiger partial charge in [0.1, 0.15) is 11.5 Å². The van der Waals surface area contributed by atoms with Crippen molar-refractivity contribution in [1.29, 1.82) is 0 Å². The molecule has 2 heterocycles. The van der Waals surface area contributed by atoms with Crippen molar-refractivity contribution in [3.05, 3.63) is 57.6 Å². The van der Waals surface area contributed by atoms with Crippen LogP contribution in [0, 0.1) is 0 Å². The van der Waals surface area contributed by atoms with Gasteiger partial charge in [-0.15, -0.1) is 9.03 Å². The Labute approximate surface area is 298 Å². The Morgan fingerprint density at radius 3 is 1.16 bits per heavy atom. The molecule has 0 atom stereocenters. The fourth-order valence-corrected chi connectivity index (χ4v) is 25.2. The molecule has 16 heteroatoms. The highest BCUT2D eigenvalue weighted by Gasteiger charge is 2.42. The Morgan fingerprint density at radius 1 is 0.489 bits per heavy atom. The molecule has 0 bridgehead atoms. The van der Waals surface area contributed by atoms with Crippen LogP contribution in [0.15, 0.2) is 42.3 Å². The van der Waals surface area contributed by atoms with Crippen LogP contribution in [0.5, 0.6) is 11.5 Å². The van der Waals surface area contributed by atoms with Gasteiger partial charge in [-0.3, -0.25) is 0 Å². The molecule has 4 rings (SSSR count). The van der Waals surface area contributed by atoms with Crippen LogP contribution in [0.1, 0.15) is 116 Å². The predicted molar refractivity (Wildman–Crippen MR) is 204 cm³/mol. The third-order valence-electron chi connectivity index (χ3n) is 7.35. The molecule has 0 unspecified atom stereocenters. The average Bonchev–Trinajstić information content (AvgIpc) is 2.73. The van der Waals surface area contributed by atoms with Crippen LogP contribution < -0.4 is 9.05 Å². The normalized spacial score (nSPS) is 20.6. The van der Waals surface area contributed by atoms with Crippen molar-refractivity contribution in [2.75, 3.05) is 0 Å². The van der Waals surface area contributed by atoms with E-state index in [2.05, 4.69) is 116 Å². The van der Waals surface area contributed by atoms with E-state index in [1.54, 1.807) is 0 Å². The van der Waals surface area contributed by atoms with E-state index in [9.17, 15) is 0 Å². The summed E-state index contributed by atoms with van der Waals surface area (Å²) >= 11 is 40.1. The van der Waals surface area contributed by atoms with Crippen LogP contribution in [-0.4, -0.2) is 0 Å². The molecular weight excluding hydrogens is 773 g/mol. The van der Waals surface area contributed by atoms with Crippen LogP contribution >= 0.6 is 92.8 Å². The van der Waals surface area contributed by atoms with Crippen LogP contribution in [-0.2, 0) is 28.1 Å². The number of rotatable bonds is 0. The molecule has 6 nitrogen and oxygen atoms in total. The quantitative estimate of drug-likeness (QED) is 0.249. The first kappa shape index (κ1) is 38.5. The minimum Gasteiger partial charge on any atom is -0.413 e. The van der Waals surface area contributed by atoms with Crippen LogP contribution in [0.4, 0.5) is 0 Å². The minimum absolute atomic E-state index is 0.145. The number of hydrogen-bond acceptors (Lipinski definition) is 6. The topological polar surface area (TPSA) is 67.9 Å². The van der Waals surface area contributed by atoms with E-state index in [4.69, 9.17) is 85.5 Å². The summed E-state index contributed by atoms with van der Waals surface area (Å²) in [5.41, 5.74) is 5.11. The highest BCUT2D eigenvalue weighted by molar-refractivity contribution is 8.23. The first-order chi connectivity index (χ1) is 19.9. The average molecular weight is 815 g/mol. The lowest BCUT2D eigenvalue weighted by molar-refractivity contribution is 0.437. The molecule has 0 aromatic heterocycles. The van der Waals surface area contributed by atoms with E-state index in [0.29, 0.717) is 17.9 Å². The summed E-state index contributed by atoms with van der Waals surface area (Å²) in [6.07, 6.45) is 0.529. The minimum atomic E-state index is -3.96. The first-order valence-electron chi connectivity index (χ1n) is 14.4. The Bertz CT molecular complexity index is 1690. The van der Waals surface area contributed by atoms with Gasteiger partial charge in [-0.05, 0) is 111 Å². The molecule has 2 aliphatic rings. The summed E-state index contributed by atoms with van der Waals surface area (Å²) in [6.45, 7) is 26.0. The zero-order valence-electron chi connectivity index (χ0n) is 27.7. The second kappa shape index (κ2) is 12.2.